The molecule has 2 aliphatic rings. The van der Waals surface area contributed by atoms with Crippen LogP contribution in [0.4, 0.5) is 0 Å². The lowest BCUT2D eigenvalue weighted by molar-refractivity contribution is -0.540. The molecule has 1 N–H and O–H groups in total. The van der Waals surface area contributed by atoms with E-state index < -0.39 is 5.54 Å². The van der Waals surface area contributed by atoms with E-state index in [1.165, 1.54) is 5.57 Å². The quantitative estimate of drug-likeness (QED) is 0.578. The molecular formula is C9H11BrN2O2. The lowest BCUT2D eigenvalue weighted by atomic mass is 9.89. The monoisotopic (exact) mass is 258 g/mol. The first-order chi connectivity index (χ1) is 6.54. The molecule has 76 valence electrons. The molecule has 0 radical (unpaired) electrons. The van der Waals surface area contributed by atoms with E-state index in [0.717, 1.165) is 29.6 Å². The summed E-state index contributed by atoms with van der Waals surface area (Å²) >= 11 is 3.36. The molecular weight excluding hydrogens is 248 g/mol. The van der Waals surface area contributed by atoms with Crippen LogP contribution in [0.15, 0.2) is 21.8 Å². The van der Waals surface area contributed by atoms with Crippen LogP contribution in [0.2, 0.25) is 0 Å². The summed E-state index contributed by atoms with van der Waals surface area (Å²) in [5, 5.41) is 14.2. The Kier molecular flexibility index (Phi) is 2.14. The molecule has 0 aromatic carbocycles. The summed E-state index contributed by atoms with van der Waals surface area (Å²) in [5.74, 6) is 0. The van der Waals surface area contributed by atoms with Gasteiger partial charge < -0.3 is 5.32 Å². The van der Waals surface area contributed by atoms with Gasteiger partial charge in [0.1, 0.15) is 0 Å². The van der Waals surface area contributed by atoms with Crippen LogP contribution in [-0.4, -0.2) is 17.0 Å². The van der Waals surface area contributed by atoms with Gasteiger partial charge in [-0.1, -0.05) is 15.9 Å². The van der Waals surface area contributed by atoms with E-state index in [9.17, 15) is 10.1 Å². The molecule has 0 spiro atoms. The zero-order chi connectivity index (χ0) is 10.3. The Morgan fingerprint density at radius 2 is 2.43 bits per heavy atom. The molecule has 0 amide bonds. The Labute approximate surface area is 90.3 Å². The molecule has 0 fully saturated rings. The average Bonchev–Trinajstić information content (AvgIpc) is 2.51. The van der Waals surface area contributed by atoms with E-state index in [-0.39, 0.29) is 4.92 Å². The van der Waals surface area contributed by atoms with E-state index in [2.05, 4.69) is 21.2 Å². The number of hydrogen-bond acceptors (Lipinski definition) is 3. The van der Waals surface area contributed by atoms with Gasteiger partial charge in [-0.25, -0.2) is 0 Å². The number of halogens is 1. The average molecular weight is 259 g/mol. The summed E-state index contributed by atoms with van der Waals surface area (Å²) in [5.41, 5.74) is 0.896. The second-order valence-electron chi connectivity index (χ2n) is 3.83. The molecule has 0 aromatic rings. The minimum atomic E-state index is -1.07. The van der Waals surface area contributed by atoms with Crippen LogP contribution in [0.5, 0.6) is 0 Å². The van der Waals surface area contributed by atoms with Gasteiger partial charge in [0.15, 0.2) is 0 Å². The highest BCUT2D eigenvalue weighted by atomic mass is 79.9. The predicted molar refractivity (Wildman–Crippen MR) is 56.7 cm³/mol. The van der Waals surface area contributed by atoms with Crippen LogP contribution in [-0.2, 0) is 0 Å². The van der Waals surface area contributed by atoms with Crippen LogP contribution in [0.1, 0.15) is 19.8 Å². The van der Waals surface area contributed by atoms with Crippen molar-refractivity contribution < 1.29 is 4.92 Å². The van der Waals surface area contributed by atoms with Crippen LogP contribution in [0.3, 0.4) is 0 Å². The summed E-state index contributed by atoms with van der Waals surface area (Å²) in [4.78, 5) is 10.8. The Bertz CT molecular complexity index is 362. The zero-order valence-electron chi connectivity index (χ0n) is 7.84. The van der Waals surface area contributed by atoms with Gasteiger partial charge >= 0.3 is 0 Å². The highest BCUT2D eigenvalue weighted by molar-refractivity contribution is 9.11. The zero-order valence-corrected chi connectivity index (χ0v) is 9.43. The lowest BCUT2D eigenvalue weighted by Crippen LogP contribution is -2.41. The summed E-state index contributed by atoms with van der Waals surface area (Å²) in [6.45, 7) is 2.46. The van der Waals surface area contributed by atoms with Gasteiger partial charge in [0.25, 0.3) is 5.54 Å². The van der Waals surface area contributed by atoms with Gasteiger partial charge in [0.2, 0.25) is 0 Å². The van der Waals surface area contributed by atoms with Gasteiger partial charge in [-0.05, 0) is 12.0 Å². The minimum absolute atomic E-state index is 0.235. The molecule has 0 bridgehead atoms. The number of nitro groups is 1. The molecule has 1 unspecified atom stereocenters. The van der Waals surface area contributed by atoms with Crippen molar-refractivity contribution >= 4 is 15.9 Å². The maximum atomic E-state index is 11.0. The molecule has 1 aliphatic heterocycles. The van der Waals surface area contributed by atoms with Gasteiger partial charge in [-0.15, -0.1) is 0 Å². The summed E-state index contributed by atoms with van der Waals surface area (Å²) in [7, 11) is 0. The van der Waals surface area contributed by atoms with Crippen molar-refractivity contribution in [1.29, 1.82) is 0 Å². The van der Waals surface area contributed by atoms with Crippen LogP contribution < -0.4 is 5.32 Å². The summed E-state index contributed by atoms with van der Waals surface area (Å²) in [6, 6.07) is 0. The Balaban J connectivity index is 2.47. The number of nitrogens with one attached hydrogen (secondary N) is 1. The number of nitrogens with zero attached hydrogens (tertiary/aromatic N) is 1. The van der Waals surface area contributed by atoms with Gasteiger partial charge in [-0.2, -0.15) is 0 Å². The first kappa shape index (κ1) is 9.71. The Morgan fingerprint density at radius 1 is 1.71 bits per heavy atom. The number of rotatable bonds is 1. The number of allylic oxidation sites excluding steroid dienone is 1. The summed E-state index contributed by atoms with van der Waals surface area (Å²) in [6.07, 6.45) is 3.41. The topological polar surface area (TPSA) is 55.2 Å². The van der Waals surface area contributed by atoms with Crippen molar-refractivity contribution in [2.75, 3.05) is 6.54 Å². The maximum absolute atomic E-state index is 11.0. The second kappa shape index (κ2) is 3.08. The fraction of sp³-hybridized carbons (Fsp3) is 0.556. The third-order valence-electron chi connectivity index (χ3n) is 2.79. The molecule has 0 saturated carbocycles. The largest absolute Gasteiger partial charge is 0.382 e. The highest BCUT2D eigenvalue weighted by Gasteiger charge is 2.45. The van der Waals surface area contributed by atoms with E-state index >= 15 is 0 Å². The van der Waals surface area contributed by atoms with E-state index in [1.807, 2.05) is 0 Å². The molecule has 0 aromatic heterocycles. The Morgan fingerprint density at radius 3 is 3.07 bits per heavy atom. The first-order valence-electron chi connectivity index (χ1n) is 4.52. The van der Waals surface area contributed by atoms with Crippen molar-refractivity contribution in [3.8, 4) is 0 Å². The molecule has 2 rings (SSSR count). The molecule has 1 atom stereocenters. The van der Waals surface area contributed by atoms with Crippen LogP contribution >= 0.6 is 15.9 Å². The molecule has 0 saturated heterocycles. The second-order valence-corrected chi connectivity index (χ2v) is 4.85. The van der Waals surface area contributed by atoms with E-state index in [4.69, 9.17) is 0 Å². The van der Waals surface area contributed by atoms with Crippen molar-refractivity contribution in [2.45, 2.75) is 25.3 Å². The molecule has 4 nitrogen and oxygen atoms in total. The summed E-state index contributed by atoms with van der Waals surface area (Å²) < 4.78 is 0.916. The third kappa shape index (κ3) is 1.27. The van der Waals surface area contributed by atoms with Crippen molar-refractivity contribution in [3.05, 3.63) is 31.9 Å². The molecule has 14 heavy (non-hydrogen) atoms. The minimum Gasteiger partial charge on any atom is -0.382 e. The van der Waals surface area contributed by atoms with E-state index in [0.29, 0.717) is 0 Å². The van der Waals surface area contributed by atoms with Crippen molar-refractivity contribution in [1.82, 2.24) is 5.32 Å². The smallest absolute Gasteiger partial charge is 0.277 e. The van der Waals surface area contributed by atoms with Gasteiger partial charge in [0, 0.05) is 35.4 Å². The maximum Gasteiger partial charge on any atom is 0.277 e. The van der Waals surface area contributed by atoms with Gasteiger partial charge in [0.05, 0.1) is 5.70 Å². The standard InChI is InChI=1S/C9H11BrN2O2/c1-9(12(13)14)5-7(10)4-6-2-3-11-8(6)9/h5,11H,2-4H2,1H3. The predicted octanol–water partition coefficient (Wildman–Crippen LogP) is 1.95. The Hall–Kier alpha value is -0.840. The third-order valence-corrected chi connectivity index (χ3v) is 3.30. The van der Waals surface area contributed by atoms with Crippen LogP contribution in [0.25, 0.3) is 0 Å². The fourth-order valence-corrected chi connectivity index (χ4v) is 2.86. The molecule has 1 heterocycles. The van der Waals surface area contributed by atoms with Crippen molar-refractivity contribution in [2.24, 2.45) is 0 Å². The molecule has 5 heteroatoms. The normalized spacial score (nSPS) is 30.9. The van der Waals surface area contributed by atoms with E-state index in [1.54, 1.807) is 13.0 Å². The van der Waals surface area contributed by atoms with Crippen LogP contribution in [0, 0.1) is 10.1 Å². The van der Waals surface area contributed by atoms with Gasteiger partial charge in [-0.3, -0.25) is 10.1 Å². The lowest BCUT2D eigenvalue weighted by Gasteiger charge is -2.24. The number of hydrogen-bond donors (Lipinski definition) is 1. The highest BCUT2D eigenvalue weighted by Crippen LogP contribution is 2.38. The van der Waals surface area contributed by atoms with Crippen molar-refractivity contribution in [3.63, 3.8) is 0 Å². The SMILES string of the molecule is CC1([N+](=O)[O-])C=C(Br)CC2=C1NCC2. The first-order valence-corrected chi connectivity index (χ1v) is 5.31. The fourth-order valence-electron chi connectivity index (χ4n) is 2.08. The molecule has 1 aliphatic carbocycles.